The molecule has 0 atom stereocenters. The second-order valence-electron chi connectivity index (χ2n) is 4.11. The Kier molecular flexibility index (Phi) is 3.68. The summed E-state index contributed by atoms with van der Waals surface area (Å²) in [5.41, 5.74) is -0.545. The van der Waals surface area contributed by atoms with E-state index < -0.39 is 5.41 Å². The van der Waals surface area contributed by atoms with Crippen molar-refractivity contribution in [2.24, 2.45) is 5.41 Å². The summed E-state index contributed by atoms with van der Waals surface area (Å²) in [6.45, 7) is 4.05. The lowest BCUT2D eigenvalue weighted by atomic mass is 9.94. The van der Waals surface area contributed by atoms with Crippen LogP contribution in [0.25, 0.3) is 0 Å². The summed E-state index contributed by atoms with van der Waals surface area (Å²) < 4.78 is 0. The number of nitrogens with one attached hydrogen (secondary N) is 1. The van der Waals surface area contributed by atoms with Gasteiger partial charge in [-0.1, -0.05) is 0 Å². The van der Waals surface area contributed by atoms with Crippen molar-refractivity contribution in [2.45, 2.75) is 20.4 Å². The highest BCUT2D eigenvalue weighted by Crippen LogP contribution is 2.20. The molecule has 1 aromatic rings. The molecule has 0 saturated carbocycles. The SMILES string of the molecule is CN(Cc1ncn[nH]1)C(=O)C(C)(C)CCl. The molecule has 1 aromatic heterocycles. The molecule has 5 nitrogen and oxygen atoms in total. The van der Waals surface area contributed by atoms with Gasteiger partial charge in [-0.3, -0.25) is 9.89 Å². The largest absolute Gasteiger partial charge is 0.338 e. The van der Waals surface area contributed by atoms with Crippen LogP contribution in [0.5, 0.6) is 0 Å². The first-order chi connectivity index (χ1) is 6.97. The van der Waals surface area contributed by atoms with Crippen molar-refractivity contribution < 1.29 is 4.79 Å². The number of aromatic nitrogens is 3. The van der Waals surface area contributed by atoms with Crippen molar-refractivity contribution in [1.29, 1.82) is 0 Å². The van der Waals surface area contributed by atoms with Gasteiger partial charge in [0.1, 0.15) is 12.2 Å². The van der Waals surface area contributed by atoms with E-state index in [1.54, 1.807) is 11.9 Å². The van der Waals surface area contributed by atoms with Gasteiger partial charge in [-0.25, -0.2) is 4.98 Å². The van der Waals surface area contributed by atoms with Crippen LogP contribution < -0.4 is 0 Å². The molecular weight excluding hydrogens is 216 g/mol. The van der Waals surface area contributed by atoms with Gasteiger partial charge >= 0.3 is 0 Å². The highest BCUT2D eigenvalue weighted by Gasteiger charge is 2.29. The highest BCUT2D eigenvalue weighted by atomic mass is 35.5. The Labute approximate surface area is 93.8 Å². The van der Waals surface area contributed by atoms with E-state index in [4.69, 9.17) is 11.6 Å². The number of nitrogens with zero attached hydrogens (tertiary/aromatic N) is 3. The third-order valence-electron chi connectivity index (χ3n) is 2.11. The van der Waals surface area contributed by atoms with Gasteiger partial charge in [0.25, 0.3) is 0 Å². The molecule has 15 heavy (non-hydrogen) atoms. The zero-order valence-electron chi connectivity index (χ0n) is 9.12. The third-order valence-corrected chi connectivity index (χ3v) is 2.78. The van der Waals surface area contributed by atoms with Gasteiger partial charge in [-0.15, -0.1) is 11.6 Å². The van der Waals surface area contributed by atoms with Crippen LogP contribution >= 0.6 is 11.6 Å². The first-order valence-electron chi connectivity index (χ1n) is 4.63. The number of carbonyl (C=O) groups is 1. The zero-order chi connectivity index (χ0) is 11.5. The smallest absolute Gasteiger partial charge is 0.229 e. The van der Waals surface area contributed by atoms with Crippen LogP contribution in [0.2, 0.25) is 0 Å². The van der Waals surface area contributed by atoms with Crippen molar-refractivity contribution in [3.05, 3.63) is 12.2 Å². The fourth-order valence-electron chi connectivity index (χ4n) is 1.18. The van der Waals surface area contributed by atoms with Gasteiger partial charge < -0.3 is 4.90 Å². The third kappa shape index (κ3) is 2.92. The minimum Gasteiger partial charge on any atom is -0.338 e. The van der Waals surface area contributed by atoms with Crippen LogP contribution in [0.3, 0.4) is 0 Å². The molecule has 0 bridgehead atoms. The van der Waals surface area contributed by atoms with Gasteiger partial charge in [0.2, 0.25) is 5.91 Å². The Hall–Kier alpha value is -1.10. The number of amides is 1. The van der Waals surface area contributed by atoms with Crippen molar-refractivity contribution >= 4 is 17.5 Å². The van der Waals surface area contributed by atoms with E-state index in [1.165, 1.54) is 6.33 Å². The Balaban J connectivity index is 2.61. The summed E-state index contributed by atoms with van der Waals surface area (Å²) in [5, 5.41) is 6.42. The van der Waals surface area contributed by atoms with E-state index in [0.29, 0.717) is 18.2 Å². The number of aromatic amines is 1. The van der Waals surface area contributed by atoms with E-state index in [1.807, 2.05) is 13.8 Å². The lowest BCUT2D eigenvalue weighted by Crippen LogP contribution is -2.39. The minimum atomic E-state index is -0.545. The van der Waals surface area contributed by atoms with Crippen molar-refractivity contribution in [3.63, 3.8) is 0 Å². The number of alkyl halides is 1. The lowest BCUT2D eigenvalue weighted by molar-refractivity contribution is -0.138. The maximum Gasteiger partial charge on any atom is 0.229 e. The van der Waals surface area contributed by atoms with Crippen molar-refractivity contribution in [1.82, 2.24) is 20.1 Å². The summed E-state index contributed by atoms with van der Waals surface area (Å²) >= 11 is 5.73. The standard InChI is InChI=1S/C9H15ClN4O/c1-9(2,5-10)8(15)14(3)4-7-11-6-12-13-7/h6H,4-5H2,1-3H3,(H,11,12,13). The molecule has 0 saturated heterocycles. The molecule has 1 rings (SSSR count). The lowest BCUT2D eigenvalue weighted by Gasteiger charge is -2.26. The first-order valence-corrected chi connectivity index (χ1v) is 5.16. The Morgan fingerprint density at radius 3 is 2.80 bits per heavy atom. The summed E-state index contributed by atoms with van der Waals surface area (Å²) in [4.78, 5) is 17.4. The molecule has 1 heterocycles. The van der Waals surface area contributed by atoms with Gasteiger partial charge in [-0.05, 0) is 13.8 Å². The number of rotatable bonds is 4. The monoisotopic (exact) mass is 230 g/mol. The second kappa shape index (κ2) is 4.61. The Bertz CT molecular complexity index is 323. The van der Waals surface area contributed by atoms with Crippen LogP contribution in [0.15, 0.2) is 6.33 Å². The topological polar surface area (TPSA) is 61.9 Å². The zero-order valence-corrected chi connectivity index (χ0v) is 9.88. The van der Waals surface area contributed by atoms with Crippen LogP contribution in [-0.4, -0.2) is 38.9 Å². The van der Waals surface area contributed by atoms with Crippen molar-refractivity contribution in [2.75, 3.05) is 12.9 Å². The number of H-pyrrole nitrogens is 1. The van der Waals surface area contributed by atoms with Crippen molar-refractivity contribution in [3.8, 4) is 0 Å². The van der Waals surface area contributed by atoms with E-state index in [9.17, 15) is 4.79 Å². The molecule has 0 aromatic carbocycles. The fourth-order valence-corrected chi connectivity index (χ4v) is 1.29. The molecule has 84 valence electrons. The molecule has 0 fully saturated rings. The van der Waals surface area contributed by atoms with E-state index in [-0.39, 0.29) is 5.91 Å². The minimum absolute atomic E-state index is 0.00565. The van der Waals surface area contributed by atoms with Gasteiger partial charge in [0, 0.05) is 12.9 Å². The predicted octanol–water partition coefficient (Wildman–Crippen LogP) is 1.03. The van der Waals surface area contributed by atoms with E-state index in [0.717, 1.165) is 0 Å². The predicted molar refractivity (Wildman–Crippen MR) is 57.4 cm³/mol. The molecule has 6 heteroatoms. The maximum absolute atomic E-state index is 11.9. The molecule has 1 N–H and O–H groups in total. The Morgan fingerprint density at radius 2 is 2.33 bits per heavy atom. The number of carbonyl (C=O) groups excluding carboxylic acids is 1. The average molecular weight is 231 g/mol. The molecule has 0 spiro atoms. The molecule has 0 radical (unpaired) electrons. The molecule has 0 aliphatic rings. The van der Waals surface area contributed by atoms with E-state index in [2.05, 4.69) is 15.2 Å². The normalized spacial score (nSPS) is 11.5. The van der Waals surface area contributed by atoms with Crippen LogP contribution in [0.1, 0.15) is 19.7 Å². The molecule has 1 amide bonds. The number of halogens is 1. The first kappa shape index (κ1) is 12.0. The van der Waals surface area contributed by atoms with Crippen LogP contribution in [0, 0.1) is 5.41 Å². The maximum atomic E-state index is 11.9. The number of hydrogen-bond donors (Lipinski definition) is 1. The van der Waals surface area contributed by atoms with Crippen LogP contribution in [-0.2, 0) is 11.3 Å². The summed E-state index contributed by atoms with van der Waals surface area (Å²) in [5.74, 6) is 0.956. The molecule has 0 unspecified atom stereocenters. The van der Waals surface area contributed by atoms with Gasteiger partial charge in [0.15, 0.2) is 0 Å². The molecular formula is C9H15ClN4O. The Morgan fingerprint density at radius 1 is 1.67 bits per heavy atom. The summed E-state index contributed by atoms with van der Waals surface area (Å²) in [6, 6.07) is 0. The second-order valence-corrected chi connectivity index (χ2v) is 4.38. The van der Waals surface area contributed by atoms with Gasteiger partial charge in [0.05, 0.1) is 12.0 Å². The fraction of sp³-hybridized carbons (Fsp3) is 0.667. The average Bonchev–Trinajstić information content (AvgIpc) is 2.69. The number of hydrogen-bond acceptors (Lipinski definition) is 3. The highest BCUT2D eigenvalue weighted by molar-refractivity contribution is 6.19. The summed E-state index contributed by atoms with van der Waals surface area (Å²) in [7, 11) is 1.72. The van der Waals surface area contributed by atoms with Crippen LogP contribution in [0.4, 0.5) is 0 Å². The molecule has 0 aliphatic carbocycles. The quantitative estimate of drug-likeness (QED) is 0.786. The summed E-state index contributed by atoms with van der Waals surface area (Å²) in [6.07, 6.45) is 1.42. The van der Waals surface area contributed by atoms with Gasteiger partial charge in [-0.2, -0.15) is 5.10 Å². The van der Waals surface area contributed by atoms with E-state index >= 15 is 0 Å². The molecule has 0 aliphatic heterocycles.